The van der Waals surface area contributed by atoms with Gasteiger partial charge < -0.3 is 4.90 Å². The summed E-state index contributed by atoms with van der Waals surface area (Å²) in [5.74, 6) is 0.0636. The van der Waals surface area contributed by atoms with Gasteiger partial charge in [0.1, 0.15) is 6.33 Å². The maximum atomic E-state index is 13.0. The van der Waals surface area contributed by atoms with Gasteiger partial charge >= 0.3 is 0 Å². The lowest BCUT2D eigenvalue weighted by Crippen LogP contribution is -2.30. The molecular weight excluding hydrogens is 382 g/mol. The first-order valence-corrected chi connectivity index (χ1v) is 8.91. The predicted molar refractivity (Wildman–Crippen MR) is 96.3 cm³/mol. The third-order valence-electron chi connectivity index (χ3n) is 4.50. The minimum atomic E-state index is 0.0636. The van der Waals surface area contributed by atoms with E-state index < -0.39 is 0 Å². The van der Waals surface area contributed by atoms with Crippen molar-refractivity contribution < 1.29 is 4.79 Å². The van der Waals surface area contributed by atoms with Crippen molar-refractivity contribution in [2.75, 3.05) is 6.54 Å². The topological polar surface area (TPSA) is 63.9 Å². The van der Waals surface area contributed by atoms with Crippen molar-refractivity contribution in [3.05, 3.63) is 70.5 Å². The molecule has 1 aliphatic heterocycles. The lowest BCUT2D eigenvalue weighted by atomic mass is 10.0. The Labute approximate surface area is 153 Å². The molecule has 3 aromatic rings. The van der Waals surface area contributed by atoms with Gasteiger partial charge in [0.05, 0.1) is 11.7 Å². The number of halogens is 1. The number of likely N-dealkylation sites (tertiary alicyclic amines) is 1. The smallest absolute Gasteiger partial charge is 0.254 e. The van der Waals surface area contributed by atoms with E-state index in [1.54, 1.807) is 4.68 Å². The monoisotopic (exact) mass is 397 g/mol. The molecule has 7 heteroatoms. The van der Waals surface area contributed by atoms with Crippen LogP contribution < -0.4 is 0 Å². The van der Waals surface area contributed by atoms with Crippen molar-refractivity contribution in [1.82, 2.24) is 25.1 Å². The Kier molecular flexibility index (Phi) is 4.31. The van der Waals surface area contributed by atoms with E-state index in [1.807, 2.05) is 41.3 Å². The van der Waals surface area contributed by atoms with E-state index in [0.717, 1.165) is 29.5 Å². The Morgan fingerprint density at radius 1 is 1.08 bits per heavy atom. The van der Waals surface area contributed by atoms with Crippen molar-refractivity contribution in [3.63, 3.8) is 0 Å². The van der Waals surface area contributed by atoms with Crippen molar-refractivity contribution in [3.8, 4) is 5.69 Å². The van der Waals surface area contributed by atoms with E-state index in [4.69, 9.17) is 0 Å². The van der Waals surface area contributed by atoms with Crippen LogP contribution in [-0.4, -0.2) is 37.6 Å². The zero-order valence-corrected chi connectivity index (χ0v) is 15.0. The second-order valence-corrected chi connectivity index (χ2v) is 6.93. The predicted octanol–water partition coefficient (Wildman–Crippen LogP) is 3.40. The van der Waals surface area contributed by atoms with E-state index in [0.29, 0.717) is 5.56 Å². The molecule has 2 aromatic carbocycles. The second-order valence-electron chi connectivity index (χ2n) is 6.01. The molecule has 25 heavy (non-hydrogen) atoms. The molecule has 6 nitrogen and oxygen atoms in total. The molecule has 0 spiro atoms. The van der Waals surface area contributed by atoms with Crippen molar-refractivity contribution in [2.24, 2.45) is 0 Å². The van der Waals surface area contributed by atoms with Gasteiger partial charge in [0.25, 0.3) is 5.91 Å². The first-order chi connectivity index (χ1) is 12.2. The highest BCUT2D eigenvalue weighted by Gasteiger charge is 2.30. The lowest BCUT2D eigenvalue weighted by Gasteiger charge is -2.25. The van der Waals surface area contributed by atoms with E-state index in [1.165, 1.54) is 11.9 Å². The number of benzene rings is 2. The number of rotatable bonds is 3. The van der Waals surface area contributed by atoms with Gasteiger partial charge in [-0.1, -0.05) is 28.1 Å². The molecule has 126 valence electrons. The first kappa shape index (κ1) is 16.0. The molecule has 1 unspecified atom stereocenters. The number of hydrogen-bond donors (Lipinski definition) is 0. The van der Waals surface area contributed by atoms with Crippen LogP contribution in [0.15, 0.2) is 59.3 Å². The minimum Gasteiger partial charge on any atom is -0.332 e. The number of tetrazole rings is 1. The molecule has 0 aliphatic carbocycles. The van der Waals surface area contributed by atoms with Crippen molar-refractivity contribution in [2.45, 2.75) is 18.9 Å². The summed E-state index contributed by atoms with van der Waals surface area (Å²) in [6.45, 7) is 0.786. The van der Waals surface area contributed by atoms with Crippen LogP contribution in [0.3, 0.4) is 0 Å². The van der Waals surface area contributed by atoms with Crippen LogP contribution in [0, 0.1) is 0 Å². The number of hydrogen-bond acceptors (Lipinski definition) is 4. The van der Waals surface area contributed by atoms with E-state index in [-0.39, 0.29) is 11.9 Å². The van der Waals surface area contributed by atoms with Crippen LogP contribution in [0.25, 0.3) is 5.69 Å². The molecular formula is C18H16BrN5O. The Bertz CT molecular complexity index is 861. The minimum absolute atomic E-state index is 0.0636. The Morgan fingerprint density at radius 3 is 2.52 bits per heavy atom. The van der Waals surface area contributed by atoms with Crippen LogP contribution in [0.4, 0.5) is 0 Å². The van der Waals surface area contributed by atoms with Gasteiger partial charge in [-0.2, -0.15) is 0 Å². The zero-order chi connectivity index (χ0) is 17.2. The molecule has 1 fully saturated rings. The van der Waals surface area contributed by atoms with Crippen LogP contribution in [0.1, 0.15) is 34.8 Å². The number of carbonyl (C=O) groups excluding carboxylic acids is 1. The van der Waals surface area contributed by atoms with Gasteiger partial charge in [-0.3, -0.25) is 4.79 Å². The SMILES string of the molecule is O=C(c1ccc(-n2cnnn2)cc1)N1CCCC1c1ccc(Br)cc1. The molecule has 1 amide bonds. The summed E-state index contributed by atoms with van der Waals surface area (Å²) >= 11 is 3.46. The Hall–Kier alpha value is -2.54. The lowest BCUT2D eigenvalue weighted by molar-refractivity contribution is 0.0735. The van der Waals surface area contributed by atoms with Gasteiger partial charge in [0, 0.05) is 16.6 Å². The second kappa shape index (κ2) is 6.76. The molecule has 0 bridgehead atoms. The summed E-state index contributed by atoms with van der Waals surface area (Å²) < 4.78 is 2.61. The molecule has 0 saturated carbocycles. The highest BCUT2D eigenvalue weighted by Crippen LogP contribution is 2.33. The van der Waals surface area contributed by atoms with E-state index in [9.17, 15) is 4.79 Å². The molecule has 1 atom stereocenters. The van der Waals surface area contributed by atoms with Crippen LogP contribution in [0.5, 0.6) is 0 Å². The Morgan fingerprint density at radius 2 is 1.84 bits per heavy atom. The normalized spacial score (nSPS) is 17.0. The summed E-state index contributed by atoms with van der Waals surface area (Å²) in [4.78, 5) is 14.9. The van der Waals surface area contributed by atoms with Gasteiger partial charge in [-0.25, -0.2) is 4.68 Å². The quantitative estimate of drug-likeness (QED) is 0.679. The fourth-order valence-corrected chi connectivity index (χ4v) is 3.51. The van der Waals surface area contributed by atoms with Gasteiger partial charge in [-0.05, 0) is 65.2 Å². The largest absolute Gasteiger partial charge is 0.332 e. The molecule has 1 saturated heterocycles. The van der Waals surface area contributed by atoms with Gasteiger partial charge in [-0.15, -0.1) is 5.10 Å². The number of amides is 1. The average molecular weight is 398 g/mol. The number of carbonyl (C=O) groups is 1. The summed E-state index contributed by atoms with van der Waals surface area (Å²) in [6.07, 6.45) is 3.55. The Balaban J connectivity index is 1.56. The van der Waals surface area contributed by atoms with E-state index >= 15 is 0 Å². The fourth-order valence-electron chi connectivity index (χ4n) is 3.24. The maximum Gasteiger partial charge on any atom is 0.254 e. The molecule has 1 aromatic heterocycles. The third kappa shape index (κ3) is 3.19. The molecule has 4 rings (SSSR count). The first-order valence-electron chi connectivity index (χ1n) is 8.12. The number of aromatic nitrogens is 4. The summed E-state index contributed by atoms with van der Waals surface area (Å²) in [6, 6.07) is 15.7. The van der Waals surface area contributed by atoms with Crippen LogP contribution in [-0.2, 0) is 0 Å². The number of nitrogens with zero attached hydrogens (tertiary/aromatic N) is 5. The van der Waals surface area contributed by atoms with Crippen LogP contribution in [0.2, 0.25) is 0 Å². The fraction of sp³-hybridized carbons (Fsp3) is 0.222. The van der Waals surface area contributed by atoms with Gasteiger partial charge in [0.15, 0.2) is 0 Å². The van der Waals surface area contributed by atoms with Crippen LogP contribution >= 0.6 is 15.9 Å². The van der Waals surface area contributed by atoms with Crippen molar-refractivity contribution in [1.29, 1.82) is 0 Å². The summed E-state index contributed by atoms with van der Waals surface area (Å²) in [5.41, 5.74) is 2.69. The molecule has 0 radical (unpaired) electrons. The van der Waals surface area contributed by atoms with Crippen molar-refractivity contribution >= 4 is 21.8 Å². The molecule has 0 N–H and O–H groups in total. The average Bonchev–Trinajstić information content (AvgIpc) is 3.34. The highest BCUT2D eigenvalue weighted by atomic mass is 79.9. The third-order valence-corrected chi connectivity index (χ3v) is 5.02. The molecule has 2 heterocycles. The van der Waals surface area contributed by atoms with E-state index in [2.05, 4.69) is 43.6 Å². The molecule has 1 aliphatic rings. The summed E-state index contributed by atoms with van der Waals surface area (Å²) in [5, 5.41) is 11.1. The summed E-state index contributed by atoms with van der Waals surface area (Å²) in [7, 11) is 0. The standard InChI is InChI=1S/C18H16BrN5O/c19-15-7-3-13(4-8-15)17-2-1-11-23(17)18(25)14-5-9-16(10-6-14)24-12-20-21-22-24/h3-10,12,17H,1-2,11H2. The zero-order valence-electron chi connectivity index (χ0n) is 13.4. The maximum absolute atomic E-state index is 13.0. The van der Waals surface area contributed by atoms with Gasteiger partial charge in [0.2, 0.25) is 0 Å². The highest BCUT2D eigenvalue weighted by molar-refractivity contribution is 9.10.